The molecule has 3 rings (SSSR count). The fraction of sp³-hybridized carbons (Fsp3) is 0.364. The molecule has 1 unspecified atom stereocenters. The minimum absolute atomic E-state index is 0.0700. The minimum atomic E-state index is -0.433. The van der Waals surface area contributed by atoms with Gasteiger partial charge in [-0.05, 0) is 30.5 Å². The van der Waals surface area contributed by atoms with Gasteiger partial charge >= 0.3 is 0 Å². The molecule has 0 radical (unpaired) electrons. The van der Waals surface area contributed by atoms with Crippen molar-refractivity contribution in [1.29, 1.82) is 0 Å². The molecule has 1 heterocycles. The molecule has 1 aliphatic heterocycles. The Morgan fingerprint density at radius 2 is 1.89 bits per heavy atom. The normalized spacial score (nSPS) is 17.4. The molecular formula is C22H27N3O2. The largest absolute Gasteiger partial charge is 0.353 e. The van der Waals surface area contributed by atoms with Crippen LogP contribution in [0.15, 0.2) is 48.5 Å². The first-order chi connectivity index (χ1) is 13.0. The van der Waals surface area contributed by atoms with Crippen molar-refractivity contribution >= 4 is 11.8 Å². The van der Waals surface area contributed by atoms with E-state index in [2.05, 4.69) is 46.7 Å². The van der Waals surface area contributed by atoms with Crippen molar-refractivity contribution in [1.82, 2.24) is 15.5 Å². The zero-order valence-electron chi connectivity index (χ0n) is 16.0. The fourth-order valence-electron chi connectivity index (χ4n) is 3.35. The summed E-state index contributed by atoms with van der Waals surface area (Å²) < 4.78 is 0. The predicted molar refractivity (Wildman–Crippen MR) is 106 cm³/mol. The zero-order chi connectivity index (χ0) is 19.2. The number of aryl methyl sites for hydroxylation is 2. The highest BCUT2D eigenvalue weighted by molar-refractivity contribution is 5.88. The molecule has 0 spiro atoms. The van der Waals surface area contributed by atoms with Gasteiger partial charge in [0, 0.05) is 26.2 Å². The molecule has 142 valence electrons. The number of carbonyl (C=O) groups excluding carboxylic acids is 2. The van der Waals surface area contributed by atoms with E-state index in [1.165, 1.54) is 5.56 Å². The van der Waals surface area contributed by atoms with E-state index in [1.54, 1.807) is 0 Å². The maximum atomic E-state index is 12.5. The second kappa shape index (κ2) is 8.82. The van der Waals surface area contributed by atoms with E-state index < -0.39 is 6.04 Å². The van der Waals surface area contributed by atoms with Crippen LogP contribution in [-0.4, -0.2) is 35.8 Å². The van der Waals surface area contributed by atoms with Crippen LogP contribution in [-0.2, 0) is 22.7 Å². The van der Waals surface area contributed by atoms with Crippen molar-refractivity contribution in [3.63, 3.8) is 0 Å². The maximum Gasteiger partial charge on any atom is 0.237 e. The third kappa shape index (κ3) is 5.17. The maximum absolute atomic E-state index is 12.5. The lowest BCUT2D eigenvalue weighted by molar-refractivity contribution is -0.134. The highest BCUT2D eigenvalue weighted by Crippen LogP contribution is 2.15. The van der Waals surface area contributed by atoms with E-state index in [0.29, 0.717) is 19.6 Å². The smallest absolute Gasteiger partial charge is 0.237 e. The first-order valence-electron chi connectivity index (χ1n) is 9.41. The van der Waals surface area contributed by atoms with Crippen molar-refractivity contribution in [3.8, 4) is 0 Å². The Kier molecular flexibility index (Phi) is 6.24. The Bertz CT molecular complexity index is 801. The van der Waals surface area contributed by atoms with E-state index in [0.717, 1.165) is 23.2 Å². The Morgan fingerprint density at radius 3 is 2.63 bits per heavy atom. The number of hydrogen-bond donors (Lipinski definition) is 2. The number of rotatable bonds is 6. The van der Waals surface area contributed by atoms with Crippen LogP contribution in [0.5, 0.6) is 0 Å². The average molecular weight is 365 g/mol. The molecule has 1 atom stereocenters. The first-order valence-corrected chi connectivity index (χ1v) is 9.41. The van der Waals surface area contributed by atoms with E-state index in [-0.39, 0.29) is 18.2 Å². The number of benzene rings is 2. The van der Waals surface area contributed by atoms with Crippen molar-refractivity contribution in [2.24, 2.45) is 0 Å². The highest BCUT2D eigenvalue weighted by atomic mass is 16.2. The number of piperazine rings is 1. The SMILES string of the molecule is Cc1ccc(CN2CCNC(=O)C2CC(=O)NCc2ccccc2C)cc1. The molecule has 2 amide bonds. The quantitative estimate of drug-likeness (QED) is 0.826. The molecule has 0 saturated carbocycles. The van der Waals surface area contributed by atoms with Crippen molar-refractivity contribution in [2.75, 3.05) is 13.1 Å². The zero-order valence-corrected chi connectivity index (χ0v) is 16.0. The summed E-state index contributed by atoms with van der Waals surface area (Å²) in [4.78, 5) is 26.9. The van der Waals surface area contributed by atoms with Crippen LogP contribution in [0.3, 0.4) is 0 Å². The predicted octanol–water partition coefficient (Wildman–Crippen LogP) is 2.31. The number of hydrogen-bond acceptors (Lipinski definition) is 3. The summed E-state index contributed by atoms with van der Waals surface area (Å²) in [5.74, 6) is -0.173. The molecule has 27 heavy (non-hydrogen) atoms. The molecule has 2 aromatic rings. The van der Waals surface area contributed by atoms with Crippen molar-refractivity contribution in [2.45, 2.75) is 39.4 Å². The lowest BCUT2D eigenvalue weighted by Gasteiger charge is -2.34. The third-order valence-electron chi connectivity index (χ3n) is 5.06. The van der Waals surface area contributed by atoms with Gasteiger partial charge in [-0.1, -0.05) is 54.1 Å². The van der Waals surface area contributed by atoms with E-state index in [9.17, 15) is 9.59 Å². The molecule has 5 heteroatoms. The van der Waals surface area contributed by atoms with Gasteiger partial charge < -0.3 is 10.6 Å². The van der Waals surface area contributed by atoms with E-state index in [1.807, 2.05) is 31.2 Å². The van der Waals surface area contributed by atoms with Gasteiger partial charge in [0.05, 0.1) is 12.5 Å². The van der Waals surface area contributed by atoms with Gasteiger partial charge in [0.1, 0.15) is 0 Å². The summed E-state index contributed by atoms with van der Waals surface area (Å²) in [5, 5.41) is 5.84. The van der Waals surface area contributed by atoms with Gasteiger partial charge in [0.15, 0.2) is 0 Å². The summed E-state index contributed by atoms with van der Waals surface area (Å²) in [6, 6.07) is 15.9. The molecule has 1 aliphatic rings. The summed E-state index contributed by atoms with van der Waals surface area (Å²) in [6.07, 6.45) is 0.170. The molecule has 1 fully saturated rings. The van der Waals surface area contributed by atoms with Crippen LogP contribution < -0.4 is 10.6 Å². The summed E-state index contributed by atoms with van der Waals surface area (Å²) in [5.41, 5.74) is 4.60. The standard InChI is InChI=1S/C22H27N3O2/c1-16-7-9-18(10-8-16)15-25-12-11-23-22(27)20(25)13-21(26)24-14-19-6-4-3-5-17(19)2/h3-10,20H,11-15H2,1-2H3,(H,23,27)(H,24,26). The Hall–Kier alpha value is -2.66. The first kappa shape index (κ1) is 19.1. The molecule has 2 aromatic carbocycles. The molecule has 0 bridgehead atoms. The number of nitrogens with zero attached hydrogens (tertiary/aromatic N) is 1. The van der Waals surface area contributed by atoms with Gasteiger partial charge in [0.2, 0.25) is 11.8 Å². The molecule has 1 saturated heterocycles. The summed E-state index contributed by atoms with van der Waals surface area (Å²) in [7, 11) is 0. The van der Waals surface area contributed by atoms with Crippen LogP contribution >= 0.6 is 0 Å². The topological polar surface area (TPSA) is 61.4 Å². The van der Waals surface area contributed by atoms with Crippen LogP contribution in [0.25, 0.3) is 0 Å². The Balaban J connectivity index is 1.61. The highest BCUT2D eigenvalue weighted by Gasteiger charge is 2.31. The number of amides is 2. The van der Waals surface area contributed by atoms with Gasteiger partial charge in [0.25, 0.3) is 0 Å². The number of nitrogens with one attached hydrogen (secondary N) is 2. The second-order valence-electron chi connectivity index (χ2n) is 7.17. The second-order valence-corrected chi connectivity index (χ2v) is 7.17. The third-order valence-corrected chi connectivity index (χ3v) is 5.06. The van der Waals surface area contributed by atoms with Crippen LogP contribution in [0.2, 0.25) is 0 Å². The Morgan fingerprint density at radius 1 is 1.15 bits per heavy atom. The van der Waals surface area contributed by atoms with Gasteiger partial charge in [-0.3, -0.25) is 14.5 Å². The fourth-order valence-corrected chi connectivity index (χ4v) is 3.35. The number of carbonyl (C=O) groups is 2. The molecule has 2 N–H and O–H groups in total. The molecular weight excluding hydrogens is 338 g/mol. The van der Waals surface area contributed by atoms with Crippen molar-refractivity contribution < 1.29 is 9.59 Å². The summed E-state index contributed by atoms with van der Waals surface area (Å²) >= 11 is 0. The van der Waals surface area contributed by atoms with Crippen LogP contribution in [0.4, 0.5) is 0 Å². The Labute approximate surface area is 160 Å². The van der Waals surface area contributed by atoms with Crippen molar-refractivity contribution in [3.05, 3.63) is 70.8 Å². The summed E-state index contributed by atoms with van der Waals surface area (Å²) in [6.45, 7) is 6.60. The monoisotopic (exact) mass is 365 g/mol. The lowest BCUT2D eigenvalue weighted by Crippen LogP contribution is -2.56. The lowest BCUT2D eigenvalue weighted by atomic mass is 10.1. The van der Waals surface area contributed by atoms with Crippen LogP contribution in [0, 0.1) is 13.8 Å². The van der Waals surface area contributed by atoms with Crippen LogP contribution in [0.1, 0.15) is 28.7 Å². The molecule has 5 nitrogen and oxygen atoms in total. The molecule has 0 aliphatic carbocycles. The van der Waals surface area contributed by atoms with Gasteiger partial charge in [-0.2, -0.15) is 0 Å². The van der Waals surface area contributed by atoms with E-state index >= 15 is 0 Å². The minimum Gasteiger partial charge on any atom is -0.353 e. The average Bonchev–Trinajstić information content (AvgIpc) is 2.66. The van der Waals surface area contributed by atoms with Gasteiger partial charge in [-0.15, -0.1) is 0 Å². The van der Waals surface area contributed by atoms with Gasteiger partial charge in [-0.25, -0.2) is 0 Å². The van der Waals surface area contributed by atoms with E-state index in [4.69, 9.17) is 0 Å². The molecule has 0 aromatic heterocycles.